The highest BCUT2D eigenvalue weighted by Crippen LogP contribution is 2.24. The summed E-state index contributed by atoms with van der Waals surface area (Å²) < 4.78 is 11.6. The van der Waals surface area contributed by atoms with Gasteiger partial charge in [-0.25, -0.2) is 0 Å². The van der Waals surface area contributed by atoms with Gasteiger partial charge in [0.05, 0.1) is 0 Å². The van der Waals surface area contributed by atoms with Crippen molar-refractivity contribution < 1.29 is 9.47 Å². The highest BCUT2D eigenvalue weighted by molar-refractivity contribution is 5.36. The van der Waals surface area contributed by atoms with E-state index in [1.54, 1.807) is 0 Å². The number of rotatable bonds is 5. The van der Waals surface area contributed by atoms with Crippen LogP contribution in [0.2, 0.25) is 0 Å². The normalized spacial score (nSPS) is 10.3. The van der Waals surface area contributed by atoms with Crippen LogP contribution >= 0.6 is 0 Å². The lowest BCUT2D eigenvalue weighted by molar-refractivity contribution is 0.305. The Hall–Kier alpha value is -2.74. The molecular weight excluding hydrogens is 284 g/mol. The van der Waals surface area contributed by atoms with Gasteiger partial charge in [-0.1, -0.05) is 42.0 Å². The Morgan fingerprint density at radius 2 is 1.35 bits per heavy atom. The Kier molecular flexibility index (Phi) is 4.62. The third-order valence-corrected chi connectivity index (χ3v) is 3.70. The van der Waals surface area contributed by atoms with Gasteiger partial charge in [-0.15, -0.1) is 0 Å². The van der Waals surface area contributed by atoms with Crippen molar-refractivity contribution in [1.82, 2.24) is 0 Å². The first-order valence-corrected chi connectivity index (χ1v) is 7.72. The average Bonchev–Trinajstić information content (AvgIpc) is 2.56. The summed E-state index contributed by atoms with van der Waals surface area (Å²) in [6, 6.07) is 23.9. The fourth-order valence-electron chi connectivity index (χ4n) is 2.40. The average molecular weight is 304 g/mol. The Morgan fingerprint density at radius 1 is 0.696 bits per heavy atom. The van der Waals surface area contributed by atoms with Crippen LogP contribution in [0.3, 0.4) is 0 Å². The van der Waals surface area contributed by atoms with Crippen LogP contribution in [0.4, 0.5) is 0 Å². The zero-order chi connectivity index (χ0) is 16.1. The molecule has 0 aliphatic carbocycles. The monoisotopic (exact) mass is 304 g/mol. The van der Waals surface area contributed by atoms with Gasteiger partial charge < -0.3 is 9.47 Å². The van der Waals surface area contributed by atoms with Gasteiger partial charge >= 0.3 is 0 Å². The first kappa shape index (κ1) is 15.2. The molecule has 0 bridgehead atoms. The number of ether oxygens (including phenoxy) is 2. The highest BCUT2D eigenvalue weighted by Gasteiger charge is 2.02. The second kappa shape index (κ2) is 7.01. The summed E-state index contributed by atoms with van der Waals surface area (Å²) in [4.78, 5) is 0. The van der Waals surface area contributed by atoms with Gasteiger partial charge in [-0.3, -0.25) is 0 Å². The quantitative estimate of drug-likeness (QED) is 0.604. The Morgan fingerprint density at radius 3 is 2.04 bits per heavy atom. The summed E-state index contributed by atoms with van der Waals surface area (Å²) in [7, 11) is 0. The minimum Gasteiger partial charge on any atom is -0.489 e. The summed E-state index contributed by atoms with van der Waals surface area (Å²) >= 11 is 0. The van der Waals surface area contributed by atoms with Crippen molar-refractivity contribution in [3.63, 3.8) is 0 Å². The molecule has 0 aliphatic heterocycles. The molecule has 3 aromatic rings. The maximum absolute atomic E-state index is 5.86. The van der Waals surface area contributed by atoms with Crippen molar-refractivity contribution in [1.29, 1.82) is 0 Å². The van der Waals surface area contributed by atoms with E-state index in [9.17, 15) is 0 Å². The SMILES string of the molecule is Cc1ccc(COc2ccc(Oc3ccccc3)cc2)c(C)c1. The van der Waals surface area contributed by atoms with Gasteiger partial charge in [-0.2, -0.15) is 0 Å². The second-order valence-corrected chi connectivity index (χ2v) is 5.61. The van der Waals surface area contributed by atoms with E-state index >= 15 is 0 Å². The number of para-hydroxylation sites is 1. The molecule has 0 spiro atoms. The predicted molar refractivity (Wildman–Crippen MR) is 93.2 cm³/mol. The fourth-order valence-corrected chi connectivity index (χ4v) is 2.40. The smallest absolute Gasteiger partial charge is 0.127 e. The van der Waals surface area contributed by atoms with Crippen molar-refractivity contribution in [3.05, 3.63) is 89.5 Å². The van der Waals surface area contributed by atoms with E-state index in [1.165, 1.54) is 16.7 Å². The Bertz CT molecular complexity index is 762. The van der Waals surface area contributed by atoms with Crippen molar-refractivity contribution in [2.24, 2.45) is 0 Å². The molecule has 2 heteroatoms. The van der Waals surface area contributed by atoms with Gasteiger partial charge in [0.1, 0.15) is 23.9 Å². The lowest BCUT2D eigenvalue weighted by atomic mass is 10.1. The molecule has 23 heavy (non-hydrogen) atoms. The summed E-state index contributed by atoms with van der Waals surface area (Å²) in [5, 5.41) is 0. The van der Waals surface area contributed by atoms with Gasteiger partial charge in [0.2, 0.25) is 0 Å². The molecule has 2 nitrogen and oxygen atoms in total. The molecule has 0 aliphatic rings. The second-order valence-electron chi connectivity index (χ2n) is 5.61. The van der Waals surface area contributed by atoms with Crippen LogP contribution in [0.1, 0.15) is 16.7 Å². The van der Waals surface area contributed by atoms with Gasteiger partial charge in [0, 0.05) is 0 Å². The standard InChI is InChI=1S/C21H20O2/c1-16-8-9-18(17(2)14-16)15-22-19-10-12-21(13-11-19)23-20-6-4-3-5-7-20/h3-14H,15H2,1-2H3. The lowest BCUT2D eigenvalue weighted by Crippen LogP contribution is -1.98. The fraction of sp³-hybridized carbons (Fsp3) is 0.143. The van der Waals surface area contributed by atoms with Crippen LogP contribution in [0.15, 0.2) is 72.8 Å². The van der Waals surface area contributed by atoms with E-state index in [4.69, 9.17) is 9.47 Å². The molecule has 0 atom stereocenters. The third kappa shape index (κ3) is 4.13. The molecule has 0 amide bonds. The molecule has 0 unspecified atom stereocenters. The van der Waals surface area contributed by atoms with Crippen LogP contribution in [-0.2, 0) is 6.61 Å². The number of aryl methyl sites for hydroxylation is 2. The topological polar surface area (TPSA) is 18.5 Å². The zero-order valence-corrected chi connectivity index (χ0v) is 13.5. The van der Waals surface area contributed by atoms with Crippen LogP contribution in [-0.4, -0.2) is 0 Å². The predicted octanol–water partition coefficient (Wildman–Crippen LogP) is 5.67. The van der Waals surface area contributed by atoms with Gasteiger partial charge in [0.25, 0.3) is 0 Å². The summed E-state index contributed by atoms with van der Waals surface area (Å²) in [5.41, 5.74) is 3.74. The highest BCUT2D eigenvalue weighted by atomic mass is 16.5. The molecular formula is C21H20O2. The molecule has 0 saturated heterocycles. The maximum atomic E-state index is 5.86. The lowest BCUT2D eigenvalue weighted by Gasteiger charge is -2.10. The summed E-state index contributed by atoms with van der Waals surface area (Å²) in [6.07, 6.45) is 0. The van der Waals surface area contributed by atoms with E-state index in [1.807, 2.05) is 54.6 Å². The van der Waals surface area contributed by atoms with Crippen LogP contribution in [0, 0.1) is 13.8 Å². The van der Waals surface area contributed by atoms with Crippen molar-refractivity contribution in [3.8, 4) is 17.2 Å². The molecule has 3 rings (SSSR count). The molecule has 0 heterocycles. The molecule has 0 aromatic heterocycles. The van der Waals surface area contributed by atoms with E-state index in [0.717, 1.165) is 17.2 Å². The largest absolute Gasteiger partial charge is 0.489 e. The van der Waals surface area contributed by atoms with Crippen LogP contribution < -0.4 is 9.47 Å². The van der Waals surface area contributed by atoms with Crippen molar-refractivity contribution in [2.75, 3.05) is 0 Å². The molecule has 0 N–H and O–H groups in total. The number of hydrogen-bond donors (Lipinski definition) is 0. The van der Waals surface area contributed by atoms with E-state index in [2.05, 4.69) is 32.0 Å². The molecule has 0 saturated carbocycles. The number of benzene rings is 3. The molecule has 3 aromatic carbocycles. The van der Waals surface area contributed by atoms with Crippen molar-refractivity contribution >= 4 is 0 Å². The Labute approximate surface area is 137 Å². The Balaban J connectivity index is 1.61. The minimum absolute atomic E-state index is 0.574. The summed E-state index contributed by atoms with van der Waals surface area (Å²) in [5.74, 6) is 2.47. The molecule has 0 radical (unpaired) electrons. The first-order valence-electron chi connectivity index (χ1n) is 7.72. The van der Waals surface area contributed by atoms with Crippen LogP contribution in [0.25, 0.3) is 0 Å². The zero-order valence-electron chi connectivity index (χ0n) is 13.5. The third-order valence-electron chi connectivity index (χ3n) is 3.70. The van der Waals surface area contributed by atoms with E-state index in [-0.39, 0.29) is 0 Å². The van der Waals surface area contributed by atoms with Gasteiger partial charge in [-0.05, 0) is 61.4 Å². The van der Waals surface area contributed by atoms with Gasteiger partial charge in [0.15, 0.2) is 0 Å². The minimum atomic E-state index is 0.574. The maximum Gasteiger partial charge on any atom is 0.127 e. The van der Waals surface area contributed by atoms with E-state index < -0.39 is 0 Å². The first-order chi connectivity index (χ1) is 11.2. The van der Waals surface area contributed by atoms with Crippen LogP contribution in [0.5, 0.6) is 17.2 Å². The van der Waals surface area contributed by atoms with Crippen molar-refractivity contribution in [2.45, 2.75) is 20.5 Å². The molecule has 116 valence electrons. The molecule has 0 fully saturated rings. The summed E-state index contributed by atoms with van der Waals surface area (Å²) in [6.45, 7) is 4.79. The van der Waals surface area contributed by atoms with E-state index in [0.29, 0.717) is 6.61 Å². The number of hydrogen-bond acceptors (Lipinski definition) is 2.